The predicted octanol–water partition coefficient (Wildman–Crippen LogP) is 4.03. The lowest BCUT2D eigenvalue weighted by atomic mass is 10.1. The van der Waals surface area contributed by atoms with E-state index in [1.54, 1.807) is 11.3 Å². The first-order valence-corrected chi connectivity index (χ1v) is 9.22. The molecule has 4 nitrogen and oxygen atoms in total. The summed E-state index contributed by atoms with van der Waals surface area (Å²) in [5, 5.41) is 0.794. The number of nitrogens with zero attached hydrogens (tertiary/aromatic N) is 2. The number of aromatic nitrogens is 1. The number of anilines is 1. The third-order valence-electron chi connectivity index (χ3n) is 4.25. The molecule has 1 fully saturated rings. The first-order valence-electron chi connectivity index (χ1n) is 8.41. The fourth-order valence-corrected chi connectivity index (χ4v) is 3.90. The molecule has 1 aliphatic rings. The minimum absolute atomic E-state index is 0.0466. The smallest absolute Gasteiger partial charge is 0.231 e. The highest BCUT2D eigenvalue weighted by Gasteiger charge is 2.27. The molecule has 0 N–H and O–H groups in total. The van der Waals surface area contributed by atoms with Crippen molar-refractivity contribution >= 4 is 32.6 Å². The van der Waals surface area contributed by atoms with Gasteiger partial charge in [-0.3, -0.25) is 9.69 Å². The van der Waals surface area contributed by atoms with Crippen LogP contribution in [0.4, 0.5) is 5.13 Å². The largest absolute Gasteiger partial charge is 0.376 e. The van der Waals surface area contributed by atoms with Crippen LogP contribution in [0.3, 0.4) is 0 Å². The second-order valence-electron chi connectivity index (χ2n) is 6.39. The first kappa shape index (κ1) is 16.4. The number of aryl methyl sites for hydroxylation is 1. The molecule has 124 valence electrons. The molecule has 0 bridgehead atoms. The molecule has 1 aromatic heterocycles. The van der Waals surface area contributed by atoms with Gasteiger partial charge in [-0.05, 0) is 37.0 Å². The maximum atomic E-state index is 12.7. The van der Waals surface area contributed by atoms with Gasteiger partial charge in [-0.15, -0.1) is 0 Å². The maximum Gasteiger partial charge on any atom is 0.231 e. The van der Waals surface area contributed by atoms with Gasteiger partial charge in [0.2, 0.25) is 5.91 Å². The van der Waals surface area contributed by atoms with Crippen molar-refractivity contribution in [2.45, 2.75) is 46.1 Å². The zero-order valence-electron chi connectivity index (χ0n) is 14.0. The molecular weight excluding hydrogens is 308 g/mol. The molecule has 3 rings (SSSR count). The van der Waals surface area contributed by atoms with E-state index in [0.29, 0.717) is 6.54 Å². The molecule has 2 aromatic rings. The normalized spacial score (nSPS) is 18.0. The van der Waals surface area contributed by atoms with Gasteiger partial charge in [-0.25, -0.2) is 4.98 Å². The number of benzene rings is 1. The zero-order chi connectivity index (χ0) is 16.4. The van der Waals surface area contributed by atoms with Gasteiger partial charge < -0.3 is 4.74 Å². The summed E-state index contributed by atoms with van der Waals surface area (Å²) in [5.74, 6) is 0.0740. The summed E-state index contributed by atoms with van der Waals surface area (Å²) in [6.07, 6.45) is 3.24. The van der Waals surface area contributed by atoms with Crippen LogP contribution in [0.2, 0.25) is 0 Å². The van der Waals surface area contributed by atoms with Crippen LogP contribution in [0.1, 0.15) is 39.2 Å². The maximum absolute atomic E-state index is 12.7. The average Bonchev–Trinajstić information content (AvgIpc) is 3.19. The molecule has 1 aromatic carbocycles. The van der Waals surface area contributed by atoms with Crippen LogP contribution < -0.4 is 4.90 Å². The molecule has 0 aliphatic carbocycles. The van der Waals surface area contributed by atoms with Gasteiger partial charge >= 0.3 is 0 Å². The number of carbonyl (C=O) groups is 1. The Labute approximate surface area is 141 Å². The highest BCUT2D eigenvalue weighted by atomic mass is 32.1. The van der Waals surface area contributed by atoms with Crippen LogP contribution in [0, 0.1) is 5.92 Å². The van der Waals surface area contributed by atoms with Gasteiger partial charge in [-0.2, -0.15) is 0 Å². The van der Waals surface area contributed by atoms with Crippen LogP contribution >= 0.6 is 11.3 Å². The quantitative estimate of drug-likeness (QED) is 0.830. The summed E-state index contributed by atoms with van der Waals surface area (Å²) in [5.41, 5.74) is 2.27. The SMILES string of the molecule is CCc1ccc2nc(N(CC3CCCO3)C(=O)C(C)C)sc2c1. The third kappa shape index (κ3) is 3.56. The van der Waals surface area contributed by atoms with Crippen LogP contribution in [0.5, 0.6) is 0 Å². The van der Waals surface area contributed by atoms with E-state index in [9.17, 15) is 4.79 Å². The first-order chi connectivity index (χ1) is 11.1. The minimum atomic E-state index is -0.0466. The molecular formula is C18H24N2O2S. The average molecular weight is 332 g/mol. The van der Waals surface area contributed by atoms with E-state index in [2.05, 4.69) is 25.1 Å². The summed E-state index contributed by atoms with van der Waals surface area (Å²) in [4.78, 5) is 19.2. The van der Waals surface area contributed by atoms with Crippen LogP contribution in [-0.2, 0) is 16.0 Å². The summed E-state index contributed by atoms with van der Waals surface area (Å²) in [6.45, 7) is 7.43. The number of thiazole rings is 1. The van der Waals surface area contributed by atoms with Gasteiger partial charge in [0, 0.05) is 12.5 Å². The standard InChI is InChI=1S/C18H24N2O2S/c1-4-13-7-8-15-16(10-13)23-18(19-15)20(17(21)12(2)3)11-14-6-5-9-22-14/h7-8,10,12,14H,4-6,9,11H2,1-3H3. The van der Waals surface area contributed by atoms with Crippen molar-refractivity contribution in [2.24, 2.45) is 5.92 Å². The second-order valence-corrected chi connectivity index (χ2v) is 7.40. The van der Waals surface area contributed by atoms with E-state index in [4.69, 9.17) is 9.72 Å². The number of carbonyl (C=O) groups excluding carboxylic acids is 1. The number of hydrogen-bond donors (Lipinski definition) is 0. The van der Waals surface area contributed by atoms with Crippen molar-refractivity contribution in [1.82, 2.24) is 4.98 Å². The Morgan fingerprint density at radius 1 is 1.48 bits per heavy atom. The number of hydrogen-bond acceptors (Lipinski definition) is 4. The predicted molar refractivity (Wildman–Crippen MR) is 95.2 cm³/mol. The van der Waals surface area contributed by atoms with Gasteiger partial charge in [0.15, 0.2) is 5.13 Å². The van der Waals surface area contributed by atoms with Gasteiger partial charge in [0.25, 0.3) is 0 Å². The van der Waals surface area contributed by atoms with E-state index >= 15 is 0 Å². The fraction of sp³-hybridized carbons (Fsp3) is 0.556. The Balaban J connectivity index is 1.92. The van der Waals surface area contributed by atoms with E-state index in [1.807, 2.05) is 18.7 Å². The van der Waals surface area contributed by atoms with Gasteiger partial charge in [0.1, 0.15) is 0 Å². The van der Waals surface area contributed by atoms with Gasteiger partial charge in [0.05, 0.1) is 22.9 Å². The number of ether oxygens (including phenoxy) is 1. The van der Waals surface area contributed by atoms with E-state index in [0.717, 1.165) is 41.2 Å². The van der Waals surface area contributed by atoms with Crippen LogP contribution in [-0.4, -0.2) is 30.1 Å². The molecule has 0 radical (unpaired) electrons. The molecule has 1 saturated heterocycles. The summed E-state index contributed by atoms with van der Waals surface area (Å²) < 4.78 is 6.87. The van der Waals surface area contributed by atoms with Gasteiger partial charge in [-0.1, -0.05) is 38.2 Å². The van der Waals surface area contributed by atoms with Crippen LogP contribution in [0.25, 0.3) is 10.2 Å². The Hall–Kier alpha value is -1.46. The fourth-order valence-electron chi connectivity index (χ4n) is 2.86. The molecule has 23 heavy (non-hydrogen) atoms. The Bertz CT molecular complexity index is 689. The molecule has 1 atom stereocenters. The lowest BCUT2D eigenvalue weighted by Gasteiger charge is -2.24. The highest BCUT2D eigenvalue weighted by molar-refractivity contribution is 7.22. The topological polar surface area (TPSA) is 42.4 Å². The summed E-state index contributed by atoms with van der Waals surface area (Å²) in [6, 6.07) is 6.35. The zero-order valence-corrected chi connectivity index (χ0v) is 14.9. The lowest BCUT2D eigenvalue weighted by molar-refractivity contribution is -0.121. The number of fused-ring (bicyclic) bond motifs is 1. The van der Waals surface area contributed by atoms with Crippen molar-refractivity contribution < 1.29 is 9.53 Å². The summed E-state index contributed by atoms with van der Waals surface area (Å²) in [7, 11) is 0. The van der Waals surface area contributed by atoms with Crippen molar-refractivity contribution in [2.75, 3.05) is 18.1 Å². The molecule has 1 amide bonds. The molecule has 0 saturated carbocycles. The Morgan fingerprint density at radius 2 is 2.30 bits per heavy atom. The van der Waals surface area contributed by atoms with E-state index in [1.165, 1.54) is 5.56 Å². The molecule has 1 aliphatic heterocycles. The Kier molecular flexibility index (Phi) is 4.97. The molecule has 2 heterocycles. The summed E-state index contributed by atoms with van der Waals surface area (Å²) >= 11 is 1.60. The van der Waals surface area contributed by atoms with Crippen molar-refractivity contribution in [3.05, 3.63) is 23.8 Å². The van der Waals surface area contributed by atoms with Crippen molar-refractivity contribution in [1.29, 1.82) is 0 Å². The van der Waals surface area contributed by atoms with E-state index < -0.39 is 0 Å². The minimum Gasteiger partial charge on any atom is -0.376 e. The van der Waals surface area contributed by atoms with Crippen LogP contribution in [0.15, 0.2) is 18.2 Å². The third-order valence-corrected chi connectivity index (χ3v) is 5.29. The lowest BCUT2D eigenvalue weighted by Crippen LogP contribution is -2.39. The Morgan fingerprint density at radius 3 is 2.96 bits per heavy atom. The monoisotopic (exact) mass is 332 g/mol. The van der Waals surface area contributed by atoms with Crippen molar-refractivity contribution in [3.63, 3.8) is 0 Å². The highest BCUT2D eigenvalue weighted by Crippen LogP contribution is 2.31. The molecule has 1 unspecified atom stereocenters. The second kappa shape index (κ2) is 6.97. The molecule has 5 heteroatoms. The molecule has 0 spiro atoms. The van der Waals surface area contributed by atoms with Crippen molar-refractivity contribution in [3.8, 4) is 0 Å². The number of rotatable bonds is 5. The number of amides is 1. The van der Waals surface area contributed by atoms with E-state index in [-0.39, 0.29) is 17.9 Å².